The van der Waals surface area contributed by atoms with Crippen molar-refractivity contribution in [2.45, 2.75) is 51.0 Å². The molecule has 2 aliphatic carbocycles. The van der Waals surface area contributed by atoms with Crippen molar-refractivity contribution in [1.29, 1.82) is 0 Å². The average molecular weight is 242 g/mol. The third kappa shape index (κ3) is 2.35. The van der Waals surface area contributed by atoms with Crippen LogP contribution in [0.3, 0.4) is 0 Å². The van der Waals surface area contributed by atoms with Gasteiger partial charge in [0.1, 0.15) is 0 Å². The molecule has 1 aromatic rings. The van der Waals surface area contributed by atoms with Gasteiger partial charge in [0, 0.05) is 0 Å². The molecule has 0 aromatic heterocycles. The monoisotopic (exact) mass is 242 g/mol. The number of hydrogen-bond acceptors (Lipinski definition) is 0. The smallest absolute Gasteiger partial charge is 0.0642 e. The zero-order chi connectivity index (χ0) is 11.6. The van der Waals surface area contributed by atoms with E-state index in [0.717, 1.165) is 20.9 Å². The largest absolute Gasteiger partial charge is 0.0813 e. The van der Waals surface area contributed by atoms with E-state index in [-0.39, 0.29) is 0 Å². The first kappa shape index (κ1) is 11.5. The van der Waals surface area contributed by atoms with Crippen LogP contribution in [-0.4, -0.2) is 9.52 Å². The first-order valence-corrected chi connectivity index (χ1v) is 8.39. The van der Waals surface area contributed by atoms with E-state index < -0.39 is 0 Å². The molecule has 3 rings (SSSR count). The molecule has 0 spiro atoms. The van der Waals surface area contributed by atoms with E-state index in [1.807, 2.05) is 0 Å². The standard InChI is InChI=1S/C16H22Si/c1-2-9-15(10-3-1)17-13-16-11-5-4-7-14(16)8-6-12-16/h1-3,9-10,14H,4-8,11-13H2/t14-,16+/m1/s1. The predicted octanol–water partition coefficient (Wildman–Crippen LogP) is 3.79. The summed E-state index contributed by atoms with van der Waals surface area (Å²) < 4.78 is 0. The predicted molar refractivity (Wildman–Crippen MR) is 74.9 cm³/mol. The number of hydrogen-bond donors (Lipinski definition) is 0. The summed E-state index contributed by atoms with van der Waals surface area (Å²) in [5.41, 5.74) is 0.756. The van der Waals surface area contributed by atoms with Crippen molar-refractivity contribution in [3.05, 3.63) is 30.3 Å². The molecule has 0 amide bonds. The summed E-state index contributed by atoms with van der Waals surface area (Å²) >= 11 is 0. The molecule has 0 nitrogen and oxygen atoms in total. The SMILES string of the molecule is c1ccc([Si]C[C@@]23CCCC[C@@H]2CCC3)cc1. The highest BCUT2D eigenvalue weighted by Gasteiger charge is 2.43. The zero-order valence-corrected chi connectivity index (χ0v) is 11.6. The van der Waals surface area contributed by atoms with Crippen molar-refractivity contribution in [2.24, 2.45) is 11.3 Å². The van der Waals surface area contributed by atoms with Gasteiger partial charge in [0.25, 0.3) is 0 Å². The fourth-order valence-corrected chi connectivity index (χ4v) is 5.64. The van der Waals surface area contributed by atoms with Crippen LogP contribution in [0.15, 0.2) is 30.3 Å². The molecule has 0 unspecified atom stereocenters. The Bertz CT molecular complexity index is 359. The summed E-state index contributed by atoms with van der Waals surface area (Å²) in [5.74, 6) is 1.08. The van der Waals surface area contributed by atoms with Gasteiger partial charge in [0.15, 0.2) is 0 Å². The Morgan fingerprint density at radius 1 is 1.00 bits per heavy atom. The minimum absolute atomic E-state index is 0.756. The number of benzene rings is 1. The van der Waals surface area contributed by atoms with Crippen molar-refractivity contribution in [3.8, 4) is 0 Å². The Morgan fingerprint density at radius 3 is 2.65 bits per heavy atom. The molecular formula is C16H22Si. The summed E-state index contributed by atoms with van der Waals surface area (Å²) in [5, 5.41) is 1.57. The first-order valence-electron chi connectivity index (χ1n) is 7.18. The van der Waals surface area contributed by atoms with Gasteiger partial charge < -0.3 is 0 Å². The van der Waals surface area contributed by atoms with Gasteiger partial charge >= 0.3 is 0 Å². The maximum Gasteiger partial charge on any atom is 0.0813 e. The maximum atomic E-state index is 2.31. The van der Waals surface area contributed by atoms with Gasteiger partial charge in [0.2, 0.25) is 0 Å². The summed E-state index contributed by atoms with van der Waals surface area (Å²) in [6, 6.07) is 12.6. The van der Waals surface area contributed by atoms with Crippen LogP contribution in [-0.2, 0) is 0 Å². The van der Waals surface area contributed by atoms with E-state index in [2.05, 4.69) is 30.3 Å². The Morgan fingerprint density at radius 2 is 1.76 bits per heavy atom. The Hall–Kier alpha value is -0.563. The summed E-state index contributed by atoms with van der Waals surface area (Å²) in [4.78, 5) is 0. The van der Waals surface area contributed by atoms with Crippen molar-refractivity contribution in [1.82, 2.24) is 0 Å². The molecule has 2 atom stereocenters. The fraction of sp³-hybridized carbons (Fsp3) is 0.625. The molecule has 0 bridgehead atoms. The Kier molecular flexibility index (Phi) is 3.37. The van der Waals surface area contributed by atoms with Gasteiger partial charge in [-0.2, -0.15) is 0 Å². The molecule has 0 heterocycles. The van der Waals surface area contributed by atoms with Crippen LogP contribution in [0.5, 0.6) is 0 Å². The molecule has 0 N–H and O–H groups in total. The summed E-state index contributed by atoms with van der Waals surface area (Å²) in [7, 11) is 1.04. The minimum atomic E-state index is 0.756. The first-order chi connectivity index (χ1) is 8.39. The zero-order valence-electron chi connectivity index (χ0n) is 10.6. The van der Waals surface area contributed by atoms with Gasteiger partial charge in [-0.15, -0.1) is 0 Å². The molecule has 17 heavy (non-hydrogen) atoms. The number of rotatable bonds is 3. The Balaban J connectivity index is 1.67. The molecule has 2 saturated carbocycles. The van der Waals surface area contributed by atoms with Crippen LogP contribution >= 0.6 is 0 Å². The highest BCUT2D eigenvalue weighted by molar-refractivity contribution is 6.53. The van der Waals surface area contributed by atoms with Crippen LogP contribution in [0.1, 0.15) is 44.9 Å². The normalized spacial score (nSPS) is 32.4. The molecule has 1 aromatic carbocycles. The third-order valence-electron chi connectivity index (χ3n) is 4.99. The lowest BCUT2D eigenvalue weighted by Crippen LogP contribution is -2.32. The maximum absolute atomic E-state index is 2.31. The molecule has 2 fully saturated rings. The van der Waals surface area contributed by atoms with E-state index in [1.54, 1.807) is 5.19 Å². The van der Waals surface area contributed by atoms with Crippen LogP contribution in [0, 0.1) is 11.3 Å². The Labute approximate surface area is 108 Å². The van der Waals surface area contributed by atoms with E-state index >= 15 is 0 Å². The topological polar surface area (TPSA) is 0 Å². The second kappa shape index (κ2) is 4.97. The van der Waals surface area contributed by atoms with Crippen LogP contribution < -0.4 is 5.19 Å². The summed E-state index contributed by atoms with van der Waals surface area (Å²) in [6.07, 6.45) is 10.6. The van der Waals surface area contributed by atoms with Crippen LogP contribution in [0.4, 0.5) is 0 Å². The van der Waals surface area contributed by atoms with Crippen molar-refractivity contribution in [2.75, 3.05) is 0 Å². The highest BCUT2D eigenvalue weighted by Crippen LogP contribution is 2.54. The van der Waals surface area contributed by atoms with Gasteiger partial charge in [0.05, 0.1) is 9.52 Å². The van der Waals surface area contributed by atoms with Crippen molar-refractivity contribution < 1.29 is 0 Å². The van der Waals surface area contributed by atoms with E-state index in [0.29, 0.717) is 0 Å². The van der Waals surface area contributed by atoms with Crippen LogP contribution in [0.2, 0.25) is 6.04 Å². The van der Waals surface area contributed by atoms with E-state index in [9.17, 15) is 0 Å². The van der Waals surface area contributed by atoms with Crippen molar-refractivity contribution >= 4 is 14.7 Å². The van der Waals surface area contributed by atoms with Gasteiger partial charge in [-0.1, -0.05) is 60.8 Å². The molecule has 2 radical (unpaired) electrons. The molecule has 2 aliphatic rings. The van der Waals surface area contributed by atoms with Gasteiger partial charge in [-0.3, -0.25) is 0 Å². The molecular weight excluding hydrogens is 220 g/mol. The van der Waals surface area contributed by atoms with Crippen molar-refractivity contribution in [3.63, 3.8) is 0 Å². The molecule has 0 saturated heterocycles. The average Bonchev–Trinajstić information content (AvgIpc) is 2.82. The second-order valence-electron chi connectivity index (χ2n) is 5.92. The van der Waals surface area contributed by atoms with E-state index in [1.165, 1.54) is 51.0 Å². The van der Waals surface area contributed by atoms with Gasteiger partial charge in [-0.25, -0.2) is 0 Å². The minimum Gasteiger partial charge on any atom is -0.0642 e. The lowest BCUT2D eigenvalue weighted by Gasteiger charge is -2.40. The van der Waals surface area contributed by atoms with E-state index in [4.69, 9.17) is 0 Å². The summed E-state index contributed by atoms with van der Waals surface area (Å²) in [6.45, 7) is 0. The third-order valence-corrected chi connectivity index (χ3v) is 6.61. The molecule has 0 aliphatic heterocycles. The van der Waals surface area contributed by atoms with Crippen LogP contribution in [0.25, 0.3) is 0 Å². The second-order valence-corrected chi connectivity index (χ2v) is 7.20. The fourth-order valence-electron chi connectivity index (χ4n) is 4.01. The quantitative estimate of drug-likeness (QED) is 0.707. The molecule has 90 valence electrons. The lowest BCUT2D eigenvalue weighted by atomic mass is 9.69. The highest BCUT2D eigenvalue weighted by atomic mass is 28.2. The number of fused-ring (bicyclic) bond motifs is 1. The molecule has 1 heteroatoms. The lowest BCUT2D eigenvalue weighted by molar-refractivity contribution is 0.153. The van der Waals surface area contributed by atoms with Gasteiger partial charge in [-0.05, 0) is 37.0 Å².